The molecule has 2 aromatic heterocycles. The molecule has 4 nitrogen and oxygen atoms in total. The minimum atomic E-state index is 0.885. The van der Waals surface area contributed by atoms with Crippen molar-refractivity contribution in [3.05, 3.63) is 42.2 Å². The lowest BCUT2D eigenvalue weighted by atomic mass is 10.3. The first kappa shape index (κ1) is 8.87. The zero-order valence-electron chi connectivity index (χ0n) is 8.09. The summed E-state index contributed by atoms with van der Waals surface area (Å²) in [4.78, 5) is 4.25. The van der Waals surface area contributed by atoms with Gasteiger partial charge >= 0.3 is 0 Å². The summed E-state index contributed by atoms with van der Waals surface area (Å²) < 4.78 is 2.02. The van der Waals surface area contributed by atoms with E-state index < -0.39 is 0 Å². The highest BCUT2D eigenvalue weighted by Gasteiger charge is 1.98. The molecule has 0 aliphatic heterocycles. The maximum atomic E-state index is 4.25. The quantitative estimate of drug-likeness (QED) is 0.727. The van der Waals surface area contributed by atoms with E-state index in [1.54, 1.807) is 6.33 Å². The third-order valence-corrected chi connectivity index (χ3v) is 2.14. The summed E-state index contributed by atoms with van der Waals surface area (Å²) in [5.41, 5.74) is 1.10. The molecule has 0 aliphatic carbocycles. The molecule has 4 heteroatoms. The monoisotopic (exact) mass is 188 g/mol. The summed E-state index contributed by atoms with van der Waals surface area (Å²) >= 11 is 0. The van der Waals surface area contributed by atoms with Crippen LogP contribution >= 0.6 is 0 Å². The zero-order chi connectivity index (χ0) is 9.80. The Morgan fingerprint density at radius 3 is 2.93 bits per heavy atom. The third-order valence-electron chi connectivity index (χ3n) is 2.14. The van der Waals surface area contributed by atoms with E-state index in [0.29, 0.717) is 0 Å². The Hall–Kier alpha value is -1.71. The Morgan fingerprint density at radius 1 is 1.36 bits per heavy atom. The second-order valence-electron chi connectivity index (χ2n) is 3.14. The van der Waals surface area contributed by atoms with Crippen molar-refractivity contribution in [2.45, 2.75) is 19.9 Å². The van der Waals surface area contributed by atoms with Crippen LogP contribution in [0.15, 0.2) is 30.7 Å². The van der Waals surface area contributed by atoms with Gasteiger partial charge in [-0.25, -0.2) is 0 Å². The standard InChI is InChI=1S/C10H12N4/c1-9-13-12-8-14(9)7-5-10-4-2-3-6-11-10/h2-4,6,8H,5,7H2,1H3. The summed E-state index contributed by atoms with van der Waals surface area (Å²) in [5.74, 6) is 0.945. The molecule has 2 heterocycles. The van der Waals surface area contributed by atoms with E-state index >= 15 is 0 Å². The van der Waals surface area contributed by atoms with E-state index in [1.807, 2.05) is 35.9 Å². The van der Waals surface area contributed by atoms with Crippen LogP contribution in [0.2, 0.25) is 0 Å². The maximum absolute atomic E-state index is 4.25. The van der Waals surface area contributed by atoms with Gasteiger partial charge in [-0.15, -0.1) is 10.2 Å². The highest BCUT2D eigenvalue weighted by molar-refractivity contribution is 5.03. The Kier molecular flexibility index (Phi) is 2.53. The Morgan fingerprint density at radius 2 is 2.29 bits per heavy atom. The lowest BCUT2D eigenvalue weighted by Crippen LogP contribution is -2.03. The minimum absolute atomic E-state index is 0.885. The molecule has 0 amide bonds. The molecule has 72 valence electrons. The van der Waals surface area contributed by atoms with Gasteiger partial charge in [0.1, 0.15) is 12.2 Å². The number of aryl methyl sites for hydroxylation is 3. The second-order valence-corrected chi connectivity index (χ2v) is 3.14. The molecule has 0 unspecified atom stereocenters. The molecular weight excluding hydrogens is 176 g/mol. The van der Waals surface area contributed by atoms with Crippen LogP contribution in [-0.4, -0.2) is 19.7 Å². The number of hydrogen-bond acceptors (Lipinski definition) is 3. The van der Waals surface area contributed by atoms with Gasteiger partial charge in [-0.05, 0) is 19.1 Å². The molecule has 2 aromatic rings. The van der Waals surface area contributed by atoms with Gasteiger partial charge in [-0.3, -0.25) is 4.98 Å². The number of hydrogen-bond donors (Lipinski definition) is 0. The van der Waals surface area contributed by atoms with Gasteiger partial charge in [0, 0.05) is 24.9 Å². The van der Waals surface area contributed by atoms with Crippen LogP contribution in [0.1, 0.15) is 11.5 Å². The van der Waals surface area contributed by atoms with Crippen LogP contribution in [-0.2, 0) is 13.0 Å². The average molecular weight is 188 g/mol. The molecule has 0 bridgehead atoms. The number of rotatable bonds is 3. The van der Waals surface area contributed by atoms with Crippen molar-refractivity contribution in [3.8, 4) is 0 Å². The van der Waals surface area contributed by atoms with Crippen LogP contribution < -0.4 is 0 Å². The zero-order valence-corrected chi connectivity index (χ0v) is 8.09. The van der Waals surface area contributed by atoms with Crippen LogP contribution in [0, 0.1) is 6.92 Å². The Bertz CT molecular complexity index is 394. The van der Waals surface area contributed by atoms with Crippen LogP contribution in [0.3, 0.4) is 0 Å². The molecular formula is C10H12N4. The second kappa shape index (κ2) is 4.00. The summed E-state index contributed by atoms with van der Waals surface area (Å²) in [6.45, 7) is 2.83. The first-order valence-electron chi connectivity index (χ1n) is 4.60. The fourth-order valence-electron chi connectivity index (χ4n) is 1.31. The van der Waals surface area contributed by atoms with Gasteiger partial charge in [-0.1, -0.05) is 6.07 Å². The van der Waals surface area contributed by atoms with E-state index in [4.69, 9.17) is 0 Å². The van der Waals surface area contributed by atoms with E-state index in [2.05, 4.69) is 15.2 Å². The summed E-state index contributed by atoms with van der Waals surface area (Å²) in [6.07, 6.45) is 4.48. The lowest BCUT2D eigenvalue weighted by molar-refractivity contribution is 0.663. The molecule has 0 aliphatic rings. The number of nitrogens with zero attached hydrogens (tertiary/aromatic N) is 4. The van der Waals surface area contributed by atoms with Gasteiger partial charge in [-0.2, -0.15) is 0 Å². The van der Waals surface area contributed by atoms with E-state index in [-0.39, 0.29) is 0 Å². The first-order valence-corrected chi connectivity index (χ1v) is 4.60. The van der Waals surface area contributed by atoms with Crippen LogP contribution in [0.4, 0.5) is 0 Å². The molecule has 0 saturated heterocycles. The van der Waals surface area contributed by atoms with Gasteiger partial charge in [0.2, 0.25) is 0 Å². The van der Waals surface area contributed by atoms with Crippen molar-refractivity contribution >= 4 is 0 Å². The van der Waals surface area contributed by atoms with Gasteiger partial charge in [0.25, 0.3) is 0 Å². The van der Waals surface area contributed by atoms with Crippen LogP contribution in [0.5, 0.6) is 0 Å². The summed E-state index contributed by atoms with van der Waals surface area (Å²) in [6, 6.07) is 5.95. The van der Waals surface area contributed by atoms with E-state index in [0.717, 1.165) is 24.5 Å². The Balaban J connectivity index is 1.99. The fourth-order valence-corrected chi connectivity index (χ4v) is 1.31. The predicted molar refractivity (Wildman–Crippen MR) is 52.7 cm³/mol. The molecule has 0 atom stereocenters. The minimum Gasteiger partial charge on any atom is -0.317 e. The summed E-state index contributed by atoms with van der Waals surface area (Å²) in [7, 11) is 0. The third kappa shape index (κ3) is 1.96. The largest absolute Gasteiger partial charge is 0.317 e. The van der Waals surface area contributed by atoms with Crippen molar-refractivity contribution < 1.29 is 0 Å². The first-order chi connectivity index (χ1) is 6.86. The number of aromatic nitrogens is 4. The molecule has 0 fully saturated rings. The molecule has 2 rings (SSSR count). The van der Waals surface area contributed by atoms with Gasteiger partial charge < -0.3 is 4.57 Å². The maximum Gasteiger partial charge on any atom is 0.129 e. The average Bonchev–Trinajstić information content (AvgIpc) is 2.63. The lowest BCUT2D eigenvalue weighted by Gasteiger charge is -2.02. The van der Waals surface area contributed by atoms with Crippen LogP contribution in [0.25, 0.3) is 0 Å². The van der Waals surface area contributed by atoms with Crippen molar-refractivity contribution in [1.29, 1.82) is 0 Å². The SMILES string of the molecule is Cc1nncn1CCc1ccccn1. The van der Waals surface area contributed by atoms with Crippen molar-refractivity contribution in [2.75, 3.05) is 0 Å². The fraction of sp³-hybridized carbons (Fsp3) is 0.300. The molecule has 14 heavy (non-hydrogen) atoms. The molecule has 0 saturated carbocycles. The van der Waals surface area contributed by atoms with Gasteiger partial charge in [0.05, 0.1) is 0 Å². The van der Waals surface area contributed by atoms with Crippen molar-refractivity contribution in [2.24, 2.45) is 0 Å². The Labute approximate surface area is 82.6 Å². The normalized spacial score (nSPS) is 10.4. The van der Waals surface area contributed by atoms with Crippen molar-refractivity contribution in [1.82, 2.24) is 19.7 Å². The molecule has 0 radical (unpaired) electrons. The number of pyridine rings is 1. The highest BCUT2D eigenvalue weighted by atomic mass is 15.2. The smallest absolute Gasteiger partial charge is 0.129 e. The van der Waals surface area contributed by atoms with Gasteiger partial charge in [0.15, 0.2) is 0 Å². The van der Waals surface area contributed by atoms with Crippen molar-refractivity contribution in [3.63, 3.8) is 0 Å². The predicted octanol–water partition coefficient (Wildman–Crippen LogP) is 1.22. The summed E-state index contributed by atoms with van der Waals surface area (Å²) in [5, 5.41) is 7.75. The van der Waals surface area contributed by atoms with E-state index in [9.17, 15) is 0 Å². The van der Waals surface area contributed by atoms with E-state index in [1.165, 1.54) is 0 Å². The highest BCUT2D eigenvalue weighted by Crippen LogP contribution is 1.99. The topological polar surface area (TPSA) is 43.6 Å². The molecule has 0 aromatic carbocycles. The molecule has 0 N–H and O–H groups in total. The molecule has 0 spiro atoms.